The molecular formula is C21H26ClN3O4S. The molecule has 1 heterocycles. The van der Waals surface area contributed by atoms with E-state index in [1.165, 1.54) is 18.2 Å². The number of halogens is 1. The predicted octanol–water partition coefficient (Wildman–Crippen LogP) is 2.37. The average molecular weight is 452 g/mol. The Morgan fingerprint density at radius 2 is 1.83 bits per heavy atom. The molecule has 0 bridgehead atoms. The Labute approximate surface area is 182 Å². The summed E-state index contributed by atoms with van der Waals surface area (Å²) in [7, 11) is -3.92. The maximum atomic E-state index is 13.2. The minimum absolute atomic E-state index is 0.116. The number of ether oxygens (including phenoxy) is 1. The third kappa shape index (κ3) is 6.18. The fourth-order valence-electron chi connectivity index (χ4n) is 3.21. The normalized spacial score (nSPS) is 15.0. The first-order valence-corrected chi connectivity index (χ1v) is 11.7. The smallest absolute Gasteiger partial charge is 0.264 e. The van der Waals surface area contributed by atoms with Gasteiger partial charge in [-0.1, -0.05) is 35.9 Å². The fourth-order valence-corrected chi connectivity index (χ4v) is 4.83. The van der Waals surface area contributed by atoms with E-state index in [2.05, 4.69) is 10.2 Å². The zero-order valence-electron chi connectivity index (χ0n) is 16.7. The van der Waals surface area contributed by atoms with Crippen molar-refractivity contribution in [1.29, 1.82) is 0 Å². The summed E-state index contributed by atoms with van der Waals surface area (Å²) in [6.07, 6.45) is 0.786. The van der Waals surface area contributed by atoms with E-state index in [-0.39, 0.29) is 17.3 Å². The highest BCUT2D eigenvalue weighted by Gasteiger charge is 2.27. The number of sulfonamides is 1. The second kappa shape index (κ2) is 10.8. The number of rotatable bonds is 9. The van der Waals surface area contributed by atoms with E-state index in [0.29, 0.717) is 17.3 Å². The van der Waals surface area contributed by atoms with Gasteiger partial charge in [0, 0.05) is 24.7 Å². The van der Waals surface area contributed by atoms with Gasteiger partial charge in [-0.05, 0) is 43.3 Å². The largest absolute Gasteiger partial charge is 0.379 e. The van der Waals surface area contributed by atoms with E-state index < -0.39 is 10.0 Å². The van der Waals surface area contributed by atoms with Crippen LogP contribution >= 0.6 is 11.6 Å². The van der Waals surface area contributed by atoms with E-state index in [1.807, 2.05) is 0 Å². The Bertz CT molecular complexity index is 934. The molecule has 9 heteroatoms. The Kier molecular flexibility index (Phi) is 8.09. The van der Waals surface area contributed by atoms with Crippen molar-refractivity contribution in [3.05, 3.63) is 59.6 Å². The Hall–Kier alpha value is -2.13. The van der Waals surface area contributed by atoms with Gasteiger partial charge in [0.1, 0.15) is 6.54 Å². The van der Waals surface area contributed by atoms with Crippen molar-refractivity contribution in [2.45, 2.75) is 11.3 Å². The lowest BCUT2D eigenvalue weighted by atomic mass is 10.3. The molecule has 0 spiro atoms. The summed E-state index contributed by atoms with van der Waals surface area (Å²) < 4.78 is 32.8. The highest BCUT2D eigenvalue weighted by molar-refractivity contribution is 7.92. The van der Waals surface area contributed by atoms with Crippen LogP contribution in [0.2, 0.25) is 5.02 Å². The lowest BCUT2D eigenvalue weighted by Crippen LogP contribution is -2.42. The minimum Gasteiger partial charge on any atom is -0.379 e. The molecule has 1 fully saturated rings. The molecule has 1 N–H and O–H groups in total. The van der Waals surface area contributed by atoms with Crippen LogP contribution in [-0.4, -0.2) is 65.2 Å². The molecule has 1 aliphatic heterocycles. The summed E-state index contributed by atoms with van der Waals surface area (Å²) in [5.74, 6) is -0.364. The van der Waals surface area contributed by atoms with Crippen LogP contribution < -0.4 is 9.62 Å². The summed E-state index contributed by atoms with van der Waals surface area (Å²) in [4.78, 5) is 15.0. The fraction of sp³-hybridized carbons (Fsp3) is 0.381. The van der Waals surface area contributed by atoms with Crippen LogP contribution in [0.25, 0.3) is 0 Å². The summed E-state index contributed by atoms with van der Waals surface area (Å²) in [5.41, 5.74) is 0.342. The number of carbonyl (C=O) groups is 1. The van der Waals surface area contributed by atoms with Gasteiger partial charge < -0.3 is 10.1 Å². The summed E-state index contributed by atoms with van der Waals surface area (Å²) >= 11 is 6.06. The van der Waals surface area contributed by atoms with Crippen molar-refractivity contribution in [1.82, 2.24) is 10.2 Å². The predicted molar refractivity (Wildman–Crippen MR) is 117 cm³/mol. The Balaban J connectivity index is 1.66. The van der Waals surface area contributed by atoms with Gasteiger partial charge in [-0.15, -0.1) is 0 Å². The molecule has 1 saturated heterocycles. The van der Waals surface area contributed by atoms with Gasteiger partial charge in [0.2, 0.25) is 5.91 Å². The molecule has 2 aromatic carbocycles. The van der Waals surface area contributed by atoms with Crippen molar-refractivity contribution in [3.8, 4) is 0 Å². The van der Waals surface area contributed by atoms with Crippen LogP contribution in [-0.2, 0) is 19.6 Å². The second-order valence-electron chi connectivity index (χ2n) is 6.96. The molecule has 0 saturated carbocycles. The molecule has 1 aliphatic rings. The monoisotopic (exact) mass is 451 g/mol. The van der Waals surface area contributed by atoms with Gasteiger partial charge in [-0.3, -0.25) is 14.0 Å². The number of carbonyl (C=O) groups excluding carboxylic acids is 1. The number of hydrogen-bond acceptors (Lipinski definition) is 5. The van der Waals surface area contributed by atoms with E-state index in [0.717, 1.165) is 43.6 Å². The van der Waals surface area contributed by atoms with Gasteiger partial charge in [-0.25, -0.2) is 8.42 Å². The van der Waals surface area contributed by atoms with Crippen LogP contribution in [0.4, 0.5) is 5.69 Å². The first kappa shape index (κ1) is 22.6. The zero-order valence-corrected chi connectivity index (χ0v) is 18.2. The van der Waals surface area contributed by atoms with Crippen LogP contribution in [0.15, 0.2) is 59.5 Å². The van der Waals surface area contributed by atoms with Crippen molar-refractivity contribution < 1.29 is 17.9 Å². The molecule has 30 heavy (non-hydrogen) atoms. The first-order chi connectivity index (χ1) is 14.5. The summed E-state index contributed by atoms with van der Waals surface area (Å²) in [5, 5.41) is 3.22. The van der Waals surface area contributed by atoms with Gasteiger partial charge in [0.05, 0.1) is 23.8 Å². The molecule has 0 radical (unpaired) electrons. The number of hydrogen-bond donors (Lipinski definition) is 1. The summed E-state index contributed by atoms with van der Waals surface area (Å²) in [6.45, 7) is 4.28. The lowest BCUT2D eigenvalue weighted by molar-refractivity contribution is -0.119. The number of amides is 1. The molecule has 1 amide bonds. The molecule has 3 rings (SSSR count). The van der Waals surface area contributed by atoms with E-state index >= 15 is 0 Å². The first-order valence-electron chi connectivity index (χ1n) is 9.87. The van der Waals surface area contributed by atoms with Gasteiger partial charge in [-0.2, -0.15) is 0 Å². The number of morpholine rings is 1. The van der Waals surface area contributed by atoms with Gasteiger partial charge >= 0.3 is 0 Å². The average Bonchev–Trinajstić information content (AvgIpc) is 2.76. The quantitative estimate of drug-likeness (QED) is 0.592. The van der Waals surface area contributed by atoms with E-state index in [1.54, 1.807) is 36.4 Å². The van der Waals surface area contributed by atoms with E-state index in [9.17, 15) is 13.2 Å². The molecule has 0 unspecified atom stereocenters. The Morgan fingerprint density at radius 3 is 2.53 bits per heavy atom. The summed E-state index contributed by atoms with van der Waals surface area (Å²) in [6, 6.07) is 14.5. The number of benzene rings is 2. The molecular weight excluding hydrogens is 426 g/mol. The van der Waals surface area contributed by atoms with Gasteiger partial charge in [0.15, 0.2) is 0 Å². The van der Waals surface area contributed by atoms with Crippen LogP contribution in [0.1, 0.15) is 6.42 Å². The maximum absolute atomic E-state index is 13.2. The molecule has 0 aromatic heterocycles. The third-order valence-corrected chi connectivity index (χ3v) is 6.81. The van der Waals surface area contributed by atoms with Crippen molar-refractivity contribution >= 4 is 33.2 Å². The third-order valence-electron chi connectivity index (χ3n) is 4.79. The Morgan fingerprint density at radius 1 is 1.10 bits per heavy atom. The lowest BCUT2D eigenvalue weighted by Gasteiger charge is -2.26. The SMILES string of the molecule is O=C(CN(c1cccc(Cl)c1)S(=O)(=O)c1ccccc1)NCCCN1CCOCC1. The minimum atomic E-state index is -3.92. The molecule has 162 valence electrons. The second-order valence-corrected chi connectivity index (χ2v) is 9.26. The number of anilines is 1. The molecule has 0 atom stereocenters. The maximum Gasteiger partial charge on any atom is 0.264 e. The topological polar surface area (TPSA) is 79.0 Å². The standard InChI is InChI=1S/C21H26ClN3O4S/c22-18-6-4-7-19(16-18)25(30(27,28)20-8-2-1-3-9-20)17-21(26)23-10-5-11-24-12-14-29-15-13-24/h1-4,6-9,16H,5,10-15,17H2,(H,23,26). The van der Waals surface area contributed by atoms with Crippen LogP contribution in [0.5, 0.6) is 0 Å². The van der Waals surface area contributed by atoms with Gasteiger partial charge in [0.25, 0.3) is 10.0 Å². The van der Waals surface area contributed by atoms with Crippen molar-refractivity contribution in [3.63, 3.8) is 0 Å². The molecule has 2 aromatic rings. The number of nitrogens with zero attached hydrogens (tertiary/aromatic N) is 2. The van der Waals surface area contributed by atoms with E-state index in [4.69, 9.17) is 16.3 Å². The zero-order chi connectivity index (χ0) is 21.4. The molecule has 7 nitrogen and oxygen atoms in total. The van der Waals surface area contributed by atoms with Crippen molar-refractivity contribution in [2.24, 2.45) is 0 Å². The molecule has 0 aliphatic carbocycles. The highest BCUT2D eigenvalue weighted by atomic mass is 35.5. The van der Waals surface area contributed by atoms with Crippen LogP contribution in [0.3, 0.4) is 0 Å². The van der Waals surface area contributed by atoms with Crippen molar-refractivity contribution in [2.75, 3.05) is 50.2 Å². The highest BCUT2D eigenvalue weighted by Crippen LogP contribution is 2.25. The van der Waals surface area contributed by atoms with Crippen LogP contribution in [0, 0.1) is 0 Å². The number of nitrogens with one attached hydrogen (secondary N) is 1.